The molecule has 1 heterocycles. The normalized spacial score (nSPS) is 12.9. The highest BCUT2D eigenvalue weighted by Gasteiger charge is 2.16. The summed E-state index contributed by atoms with van der Waals surface area (Å²) in [7, 11) is 0. The highest BCUT2D eigenvalue weighted by molar-refractivity contribution is 5.74. The van der Waals surface area contributed by atoms with E-state index in [1.165, 1.54) is 0 Å². The van der Waals surface area contributed by atoms with E-state index in [2.05, 4.69) is 4.42 Å². The minimum atomic E-state index is -1.22. The zero-order chi connectivity index (χ0) is 8.43. The zero-order valence-electron chi connectivity index (χ0n) is 5.45. The van der Waals surface area contributed by atoms with Gasteiger partial charge in [0.2, 0.25) is 0 Å². The SMILES string of the molecule is NC(C(=O)O)c1coc(F)c1. The Morgan fingerprint density at radius 3 is 2.82 bits per heavy atom. The number of rotatable bonds is 2. The van der Waals surface area contributed by atoms with Crippen LogP contribution < -0.4 is 5.73 Å². The van der Waals surface area contributed by atoms with E-state index in [1.54, 1.807) is 0 Å². The van der Waals surface area contributed by atoms with Gasteiger partial charge in [-0.05, 0) is 0 Å². The molecule has 0 aliphatic carbocycles. The van der Waals surface area contributed by atoms with Gasteiger partial charge in [-0.15, -0.1) is 0 Å². The van der Waals surface area contributed by atoms with Crippen molar-refractivity contribution >= 4 is 5.97 Å². The van der Waals surface area contributed by atoms with Crippen molar-refractivity contribution in [2.75, 3.05) is 0 Å². The Bertz CT molecular complexity index is 271. The van der Waals surface area contributed by atoms with Gasteiger partial charge in [0, 0.05) is 11.6 Å². The molecule has 0 saturated carbocycles. The zero-order valence-corrected chi connectivity index (χ0v) is 5.45. The molecule has 1 rings (SSSR count). The van der Waals surface area contributed by atoms with Gasteiger partial charge < -0.3 is 15.3 Å². The second kappa shape index (κ2) is 2.71. The molecule has 60 valence electrons. The lowest BCUT2D eigenvalue weighted by molar-refractivity contribution is -0.138. The fraction of sp³-hybridized carbons (Fsp3) is 0.167. The first-order valence-corrected chi connectivity index (χ1v) is 2.83. The molecule has 0 saturated heterocycles. The summed E-state index contributed by atoms with van der Waals surface area (Å²) in [4.78, 5) is 10.2. The van der Waals surface area contributed by atoms with Gasteiger partial charge in [-0.2, -0.15) is 4.39 Å². The minimum absolute atomic E-state index is 0.120. The topological polar surface area (TPSA) is 76.5 Å². The van der Waals surface area contributed by atoms with Crippen molar-refractivity contribution in [2.45, 2.75) is 6.04 Å². The van der Waals surface area contributed by atoms with Crippen LogP contribution in [0.25, 0.3) is 0 Å². The minimum Gasteiger partial charge on any atom is -0.480 e. The van der Waals surface area contributed by atoms with Crippen LogP contribution in [0.4, 0.5) is 4.39 Å². The quantitative estimate of drug-likeness (QED) is 0.658. The molecule has 0 aliphatic heterocycles. The number of furan rings is 1. The van der Waals surface area contributed by atoms with E-state index in [1.807, 2.05) is 0 Å². The van der Waals surface area contributed by atoms with Crippen LogP contribution in [0, 0.1) is 6.01 Å². The van der Waals surface area contributed by atoms with E-state index in [0.29, 0.717) is 0 Å². The molecule has 0 spiro atoms. The van der Waals surface area contributed by atoms with E-state index < -0.39 is 18.0 Å². The van der Waals surface area contributed by atoms with Crippen LogP contribution >= 0.6 is 0 Å². The lowest BCUT2D eigenvalue weighted by Gasteiger charge is -1.99. The molecule has 1 unspecified atom stereocenters. The number of carboxylic acids is 1. The van der Waals surface area contributed by atoms with E-state index in [4.69, 9.17) is 10.8 Å². The maximum absolute atomic E-state index is 12.1. The predicted octanol–water partition coefficient (Wildman–Crippen LogP) is 0.503. The van der Waals surface area contributed by atoms with Crippen LogP contribution in [-0.2, 0) is 4.79 Å². The first kappa shape index (κ1) is 7.74. The molecule has 1 atom stereocenters. The van der Waals surface area contributed by atoms with Crippen molar-refractivity contribution < 1.29 is 18.7 Å². The van der Waals surface area contributed by atoms with Gasteiger partial charge in [0.25, 0.3) is 6.01 Å². The second-order valence-electron chi connectivity index (χ2n) is 2.00. The lowest BCUT2D eigenvalue weighted by Crippen LogP contribution is -2.19. The average Bonchev–Trinajstić information content (AvgIpc) is 2.34. The van der Waals surface area contributed by atoms with Gasteiger partial charge in [-0.1, -0.05) is 0 Å². The Morgan fingerprint density at radius 1 is 1.82 bits per heavy atom. The van der Waals surface area contributed by atoms with Crippen molar-refractivity contribution in [1.82, 2.24) is 0 Å². The van der Waals surface area contributed by atoms with Crippen LogP contribution in [0.3, 0.4) is 0 Å². The molecule has 0 amide bonds. The average molecular weight is 159 g/mol. The third kappa shape index (κ3) is 1.56. The highest BCUT2D eigenvalue weighted by Crippen LogP contribution is 2.12. The van der Waals surface area contributed by atoms with E-state index in [9.17, 15) is 9.18 Å². The lowest BCUT2D eigenvalue weighted by atomic mass is 10.2. The summed E-state index contributed by atoms with van der Waals surface area (Å²) >= 11 is 0. The number of hydrogen-bond donors (Lipinski definition) is 2. The Labute approximate surface area is 61.4 Å². The van der Waals surface area contributed by atoms with E-state index >= 15 is 0 Å². The number of aliphatic carboxylic acids is 1. The molecular formula is C6H6FNO3. The van der Waals surface area contributed by atoms with Gasteiger partial charge in [0.15, 0.2) is 0 Å². The third-order valence-electron chi connectivity index (χ3n) is 1.21. The maximum atomic E-state index is 12.1. The number of carbonyl (C=O) groups is 1. The monoisotopic (exact) mass is 159 g/mol. The molecule has 0 aliphatic rings. The summed E-state index contributed by atoms with van der Waals surface area (Å²) in [6.45, 7) is 0. The summed E-state index contributed by atoms with van der Waals surface area (Å²) < 4.78 is 16.4. The van der Waals surface area contributed by atoms with Gasteiger partial charge in [0.05, 0.1) is 6.26 Å². The molecule has 0 bridgehead atoms. The van der Waals surface area contributed by atoms with Crippen LogP contribution in [-0.4, -0.2) is 11.1 Å². The van der Waals surface area contributed by atoms with Crippen molar-refractivity contribution in [3.8, 4) is 0 Å². The number of carboxylic acid groups (broad SMARTS) is 1. The molecule has 4 nitrogen and oxygen atoms in total. The molecule has 5 heteroatoms. The Morgan fingerprint density at radius 2 is 2.45 bits per heavy atom. The first-order valence-electron chi connectivity index (χ1n) is 2.83. The fourth-order valence-electron chi connectivity index (χ4n) is 0.629. The number of nitrogens with two attached hydrogens (primary N) is 1. The van der Waals surface area contributed by atoms with Crippen molar-refractivity contribution in [1.29, 1.82) is 0 Å². The van der Waals surface area contributed by atoms with Crippen LogP contribution in [0.15, 0.2) is 16.7 Å². The smallest absolute Gasteiger partial charge is 0.325 e. The Balaban J connectivity index is 2.84. The molecule has 1 aromatic rings. The number of halogens is 1. The van der Waals surface area contributed by atoms with Gasteiger partial charge in [0.1, 0.15) is 6.04 Å². The third-order valence-corrected chi connectivity index (χ3v) is 1.21. The van der Waals surface area contributed by atoms with Crippen LogP contribution in [0.2, 0.25) is 0 Å². The molecule has 1 aromatic heterocycles. The largest absolute Gasteiger partial charge is 0.480 e. The molecule has 0 radical (unpaired) electrons. The highest BCUT2D eigenvalue weighted by atomic mass is 19.1. The molecule has 0 aromatic carbocycles. The standard InChI is InChI=1S/C6H6FNO3/c7-4-1-3(2-11-4)5(8)6(9)10/h1-2,5H,8H2,(H,9,10). The summed E-state index contributed by atoms with van der Waals surface area (Å²) in [5.41, 5.74) is 5.25. The van der Waals surface area contributed by atoms with Crippen molar-refractivity contribution in [3.05, 3.63) is 23.9 Å². The van der Waals surface area contributed by atoms with Crippen molar-refractivity contribution in [3.63, 3.8) is 0 Å². The first-order chi connectivity index (χ1) is 5.11. The summed E-state index contributed by atoms with van der Waals surface area (Å²) in [6, 6.07) is -1.11. The molecule has 0 fully saturated rings. The summed E-state index contributed by atoms with van der Waals surface area (Å²) in [5.74, 6) is -1.22. The molecule has 11 heavy (non-hydrogen) atoms. The van der Waals surface area contributed by atoms with E-state index in [-0.39, 0.29) is 5.56 Å². The Kier molecular flexibility index (Phi) is 1.91. The van der Waals surface area contributed by atoms with Crippen LogP contribution in [0.1, 0.15) is 11.6 Å². The second-order valence-corrected chi connectivity index (χ2v) is 2.00. The fourth-order valence-corrected chi connectivity index (χ4v) is 0.629. The summed E-state index contributed by atoms with van der Waals surface area (Å²) in [5, 5.41) is 8.36. The van der Waals surface area contributed by atoms with Gasteiger partial charge in [-0.25, -0.2) is 0 Å². The summed E-state index contributed by atoms with van der Waals surface area (Å²) in [6.07, 6.45) is 0.980. The maximum Gasteiger partial charge on any atom is 0.325 e. The molecular weight excluding hydrogens is 153 g/mol. The van der Waals surface area contributed by atoms with Gasteiger partial charge >= 0.3 is 5.97 Å². The Hall–Kier alpha value is -1.36. The molecule has 3 N–H and O–H groups in total. The van der Waals surface area contributed by atoms with Crippen molar-refractivity contribution in [2.24, 2.45) is 5.73 Å². The van der Waals surface area contributed by atoms with Gasteiger partial charge in [-0.3, -0.25) is 4.79 Å². The number of hydrogen-bond acceptors (Lipinski definition) is 3. The van der Waals surface area contributed by atoms with E-state index in [0.717, 1.165) is 12.3 Å². The predicted molar refractivity (Wildman–Crippen MR) is 33.2 cm³/mol. The van der Waals surface area contributed by atoms with Crippen LogP contribution in [0.5, 0.6) is 0 Å².